The summed E-state index contributed by atoms with van der Waals surface area (Å²) in [5.74, 6) is 0.640. The van der Waals surface area contributed by atoms with E-state index in [0.29, 0.717) is 18.7 Å². The summed E-state index contributed by atoms with van der Waals surface area (Å²) in [5.41, 5.74) is 0. The fourth-order valence-electron chi connectivity index (χ4n) is 10.5. The van der Waals surface area contributed by atoms with Gasteiger partial charge in [-0.15, -0.1) is 0 Å². The maximum atomic E-state index is 12.3. The number of Topliss-reactive ketones (excluding diaryl/α,β-unsaturated/α-hetero) is 1. The lowest BCUT2D eigenvalue weighted by atomic mass is 10.0. The van der Waals surface area contributed by atoms with Crippen LogP contribution in [0.3, 0.4) is 0 Å². The number of rotatable bonds is 61. The van der Waals surface area contributed by atoms with E-state index >= 15 is 0 Å². The van der Waals surface area contributed by atoms with Crippen molar-refractivity contribution in [3.05, 3.63) is 0 Å². The molecule has 0 spiro atoms. The van der Waals surface area contributed by atoms with E-state index in [9.17, 15) is 14.7 Å². The Hall–Kier alpha value is -0.900. The number of nitrogens with one attached hydrogen (secondary N) is 1. The Labute approximate surface area is 428 Å². The second kappa shape index (κ2) is 60.4. The minimum absolute atomic E-state index is 0.117. The molecular weight excluding hydrogens is 831 g/mol. The fourth-order valence-corrected chi connectivity index (χ4v) is 10.5. The number of ketones is 1. The van der Waals surface area contributed by atoms with Crippen LogP contribution in [0, 0.1) is 0 Å². The third-order valence-electron chi connectivity index (χ3n) is 15.3. The molecule has 1 amide bonds. The molecule has 0 saturated carbocycles. The predicted molar refractivity (Wildman–Crippen MR) is 303 cm³/mol. The molecule has 0 aromatic heterocycles. The number of amides is 1. The molecule has 0 saturated heterocycles. The van der Waals surface area contributed by atoms with Crippen molar-refractivity contribution in [2.75, 3.05) is 6.54 Å². The Kier molecular flexibility index (Phi) is 59.6. The summed E-state index contributed by atoms with van der Waals surface area (Å²) in [6, 6.07) is 0. The van der Waals surface area contributed by atoms with Gasteiger partial charge in [-0.3, -0.25) is 9.59 Å². The van der Waals surface area contributed by atoms with Gasteiger partial charge < -0.3 is 10.4 Å². The van der Waals surface area contributed by atoms with Gasteiger partial charge in [-0.1, -0.05) is 341 Å². The highest BCUT2D eigenvalue weighted by Crippen LogP contribution is 2.19. The molecule has 0 aliphatic heterocycles. The topological polar surface area (TPSA) is 66.4 Å². The van der Waals surface area contributed by atoms with Crippen molar-refractivity contribution in [2.45, 2.75) is 392 Å². The second-order valence-corrected chi connectivity index (χ2v) is 22.4. The van der Waals surface area contributed by atoms with Gasteiger partial charge in [0.1, 0.15) is 5.78 Å². The number of carbonyl (C=O) groups excluding carboxylic acids is 2. The van der Waals surface area contributed by atoms with Crippen LogP contribution < -0.4 is 5.32 Å². The van der Waals surface area contributed by atoms with Crippen molar-refractivity contribution < 1.29 is 14.7 Å². The van der Waals surface area contributed by atoms with Crippen LogP contribution in [0.4, 0.5) is 0 Å². The zero-order chi connectivity index (χ0) is 49.2. The molecule has 0 aromatic rings. The fraction of sp³-hybridized carbons (Fsp3) is 0.969. The summed E-state index contributed by atoms with van der Waals surface area (Å²) in [5, 5.41) is 13.3. The maximum Gasteiger partial charge on any atom is 0.220 e. The quantitative estimate of drug-likeness (QED) is 0.0597. The van der Waals surface area contributed by atoms with Crippen LogP contribution in [0.15, 0.2) is 0 Å². The van der Waals surface area contributed by atoms with Crippen LogP contribution >= 0.6 is 0 Å². The lowest BCUT2D eigenvalue weighted by Crippen LogP contribution is -2.31. The van der Waals surface area contributed by atoms with Crippen LogP contribution in [0.1, 0.15) is 386 Å². The first kappa shape index (κ1) is 67.1. The van der Waals surface area contributed by atoms with Gasteiger partial charge in [0.05, 0.1) is 6.10 Å². The number of carbonyl (C=O) groups is 2. The molecular formula is C64H127NO3. The monoisotopic (exact) mass is 958 g/mol. The average Bonchev–Trinajstić information content (AvgIpc) is 3.34. The molecule has 0 bridgehead atoms. The van der Waals surface area contributed by atoms with E-state index in [1.54, 1.807) is 0 Å². The van der Waals surface area contributed by atoms with E-state index in [0.717, 1.165) is 51.4 Å². The first-order chi connectivity index (χ1) is 33.6. The zero-order valence-corrected chi connectivity index (χ0v) is 47.1. The second-order valence-electron chi connectivity index (χ2n) is 22.4. The largest absolute Gasteiger partial charge is 0.391 e. The number of hydrogen-bond donors (Lipinski definition) is 2. The number of hydrogen-bond acceptors (Lipinski definition) is 3. The molecule has 0 aliphatic carbocycles. The summed E-state index contributed by atoms with van der Waals surface area (Å²) in [6.45, 7) is 5.00. The van der Waals surface area contributed by atoms with Crippen molar-refractivity contribution in [1.29, 1.82) is 0 Å². The van der Waals surface area contributed by atoms with Crippen molar-refractivity contribution in [1.82, 2.24) is 5.32 Å². The Bertz CT molecular complexity index is 952. The highest BCUT2D eigenvalue weighted by Gasteiger charge is 2.08. The smallest absolute Gasteiger partial charge is 0.220 e. The van der Waals surface area contributed by atoms with Gasteiger partial charge in [0.25, 0.3) is 0 Å². The first-order valence-electron chi connectivity index (χ1n) is 32.1. The van der Waals surface area contributed by atoms with Crippen molar-refractivity contribution >= 4 is 11.7 Å². The standard InChI is InChI=1S/C64H127NO3/c1-3-5-7-9-11-13-15-17-34-39-43-47-51-55-59-63(67)61-65-64(68)60-56-52-48-44-40-36-32-30-28-26-24-22-20-18-19-21-23-25-27-29-31-35-38-42-46-50-54-58-62(66)57-53-49-45-41-37-33-16-14-12-10-8-6-4-2/h63,67H,3-61H2,1-2H3,(H,65,68)/t63-/m1/s1. The highest BCUT2D eigenvalue weighted by atomic mass is 16.3. The molecule has 0 fully saturated rings. The Balaban J connectivity index is 3.22. The third kappa shape index (κ3) is 59.4. The van der Waals surface area contributed by atoms with E-state index in [2.05, 4.69) is 19.2 Å². The molecule has 4 nitrogen and oxygen atoms in total. The summed E-state index contributed by atoms with van der Waals surface area (Å²) < 4.78 is 0. The minimum atomic E-state index is -0.390. The summed E-state index contributed by atoms with van der Waals surface area (Å²) in [4.78, 5) is 24.5. The Morgan fingerprint density at radius 1 is 0.279 bits per heavy atom. The maximum absolute atomic E-state index is 12.3. The van der Waals surface area contributed by atoms with E-state index < -0.39 is 6.10 Å². The van der Waals surface area contributed by atoms with Gasteiger partial charge in [0, 0.05) is 25.8 Å². The van der Waals surface area contributed by atoms with Crippen LogP contribution in [0.25, 0.3) is 0 Å². The predicted octanol–water partition coefficient (Wildman–Crippen LogP) is 21.7. The average molecular weight is 959 g/mol. The van der Waals surface area contributed by atoms with Gasteiger partial charge in [0.2, 0.25) is 5.91 Å². The Morgan fingerprint density at radius 2 is 0.471 bits per heavy atom. The van der Waals surface area contributed by atoms with Crippen LogP contribution in [-0.4, -0.2) is 29.4 Å². The van der Waals surface area contributed by atoms with Crippen LogP contribution in [0.2, 0.25) is 0 Å². The SMILES string of the molecule is CCCCCCCCCCCCCCCC[C@@H](O)CNC(=O)CCCCCCCCCCCCCCCCCCCCCCCCCCCCCC(=O)CCCCCCCCCCCCCCC. The van der Waals surface area contributed by atoms with Crippen LogP contribution in [0.5, 0.6) is 0 Å². The lowest BCUT2D eigenvalue weighted by Gasteiger charge is -2.12. The normalized spacial score (nSPS) is 12.0. The molecule has 1 atom stereocenters. The van der Waals surface area contributed by atoms with E-state index in [1.165, 1.54) is 315 Å². The molecule has 406 valence electrons. The molecule has 4 heteroatoms. The third-order valence-corrected chi connectivity index (χ3v) is 15.3. The Morgan fingerprint density at radius 3 is 0.706 bits per heavy atom. The van der Waals surface area contributed by atoms with Gasteiger partial charge in [0.15, 0.2) is 0 Å². The highest BCUT2D eigenvalue weighted by molar-refractivity contribution is 5.78. The van der Waals surface area contributed by atoms with E-state index in [4.69, 9.17) is 0 Å². The van der Waals surface area contributed by atoms with Crippen molar-refractivity contribution in [2.24, 2.45) is 0 Å². The van der Waals surface area contributed by atoms with E-state index in [1.807, 2.05) is 0 Å². The number of aliphatic hydroxyl groups is 1. The molecule has 0 aliphatic rings. The molecule has 0 unspecified atom stereocenters. The first-order valence-corrected chi connectivity index (χ1v) is 32.1. The van der Waals surface area contributed by atoms with E-state index in [-0.39, 0.29) is 5.91 Å². The van der Waals surface area contributed by atoms with Crippen LogP contribution in [-0.2, 0) is 9.59 Å². The van der Waals surface area contributed by atoms with Gasteiger partial charge in [-0.05, 0) is 25.7 Å². The molecule has 0 radical (unpaired) electrons. The van der Waals surface area contributed by atoms with Gasteiger partial charge >= 0.3 is 0 Å². The number of unbranched alkanes of at least 4 members (excludes halogenated alkanes) is 51. The molecule has 0 heterocycles. The lowest BCUT2D eigenvalue weighted by molar-refractivity contribution is -0.121. The summed E-state index contributed by atoms with van der Waals surface area (Å²) >= 11 is 0. The number of aliphatic hydroxyl groups excluding tert-OH is 1. The van der Waals surface area contributed by atoms with Crippen molar-refractivity contribution in [3.8, 4) is 0 Å². The molecule has 2 N–H and O–H groups in total. The summed E-state index contributed by atoms with van der Waals surface area (Å²) in [7, 11) is 0. The molecule has 0 aromatic carbocycles. The summed E-state index contributed by atoms with van der Waals surface area (Å²) in [6.07, 6.45) is 76.3. The zero-order valence-electron chi connectivity index (χ0n) is 47.1. The molecule has 0 rings (SSSR count). The van der Waals surface area contributed by atoms with Gasteiger partial charge in [-0.2, -0.15) is 0 Å². The van der Waals surface area contributed by atoms with Crippen molar-refractivity contribution in [3.63, 3.8) is 0 Å². The molecule has 68 heavy (non-hydrogen) atoms. The van der Waals surface area contributed by atoms with Gasteiger partial charge in [-0.25, -0.2) is 0 Å². The minimum Gasteiger partial charge on any atom is -0.391 e.